The van der Waals surface area contributed by atoms with E-state index < -0.39 is 30.4 Å². The number of ether oxygens (including phenoxy) is 1. The molecule has 0 aromatic carbocycles. The molecule has 0 spiro atoms. The Labute approximate surface area is 85.9 Å². The first kappa shape index (κ1) is 14.0. The maximum atomic E-state index is 10.9. The minimum atomic E-state index is -2.01. The van der Waals surface area contributed by atoms with Gasteiger partial charge in [-0.25, -0.2) is 4.79 Å². The van der Waals surface area contributed by atoms with Gasteiger partial charge in [-0.3, -0.25) is 0 Å². The Balaban J connectivity index is 4.35. The number of carbonyl (C=O) groups is 2. The van der Waals surface area contributed by atoms with Crippen LogP contribution in [-0.2, 0) is 14.3 Å². The van der Waals surface area contributed by atoms with E-state index in [1.54, 1.807) is 0 Å². The predicted octanol–water partition coefficient (Wildman–Crippen LogP) is -2.81. The van der Waals surface area contributed by atoms with Crippen molar-refractivity contribution < 1.29 is 34.8 Å². The van der Waals surface area contributed by atoms with E-state index in [0.29, 0.717) is 0 Å². The zero-order chi connectivity index (χ0) is 12.0. The molecule has 0 rings (SSSR count). The minimum absolute atomic E-state index is 0.00502. The molecule has 0 aliphatic carbocycles. The van der Waals surface area contributed by atoms with Crippen molar-refractivity contribution in [2.24, 2.45) is 0 Å². The van der Waals surface area contributed by atoms with Crippen LogP contribution in [0.2, 0.25) is 0 Å². The van der Waals surface area contributed by atoms with Crippen molar-refractivity contribution in [1.29, 1.82) is 0 Å². The third kappa shape index (κ3) is 3.92. The lowest BCUT2D eigenvalue weighted by Gasteiger charge is -2.22. The number of esters is 1. The quantitative estimate of drug-likeness (QED) is 0.282. The fourth-order valence-electron chi connectivity index (χ4n) is 0.836. The van der Waals surface area contributed by atoms with Crippen LogP contribution in [0.4, 0.5) is 0 Å². The largest absolute Gasteiger partial charge is 0.464 e. The molecular weight excluding hydrogens is 208 g/mol. The van der Waals surface area contributed by atoms with Crippen molar-refractivity contribution in [2.45, 2.75) is 31.3 Å². The van der Waals surface area contributed by atoms with Crippen molar-refractivity contribution >= 4 is 12.3 Å². The van der Waals surface area contributed by atoms with Crippen LogP contribution in [0.15, 0.2) is 0 Å². The average Bonchev–Trinajstić information content (AvgIpc) is 2.25. The van der Waals surface area contributed by atoms with Crippen LogP contribution >= 0.6 is 0 Å². The summed E-state index contributed by atoms with van der Waals surface area (Å²) in [6.45, 7) is 1.49. The minimum Gasteiger partial charge on any atom is -0.464 e. The monoisotopic (exact) mass is 222 g/mol. The second-order valence-corrected chi connectivity index (χ2v) is 2.80. The summed E-state index contributed by atoms with van der Waals surface area (Å²) in [5.74, 6) is -1.14. The molecule has 0 bridgehead atoms. The molecule has 0 saturated heterocycles. The van der Waals surface area contributed by atoms with Gasteiger partial charge < -0.3 is 30.0 Å². The molecule has 4 N–H and O–H groups in total. The lowest BCUT2D eigenvalue weighted by Crippen LogP contribution is -2.48. The van der Waals surface area contributed by atoms with Crippen molar-refractivity contribution in [3.05, 3.63) is 0 Å². The summed E-state index contributed by atoms with van der Waals surface area (Å²) in [4.78, 5) is 20.9. The second kappa shape index (κ2) is 6.46. The normalized spacial score (nSPS) is 18.7. The lowest BCUT2D eigenvalue weighted by molar-refractivity contribution is -0.169. The van der Waals surface area contributed by atoms with Gasteiger partial charge in [0, 0.05) is 0 Å². The maximum absolute atomic E-state index is 10.9. The van der Waals surface area contributed by atoms with E-state index in [-0.39, 0.29) is 12.9 Å². The van der Waals surface area contributed by atoms with E-state index in [9.17, 15) is 9.59 Å². The van der Waals surface area contributed by atoms with E-state index in [4.69, 9.17) is 20.4 Å². The molecule has 4 atom stereocenters. The Kier molecular flexibility index (Phi) is 6.02. The van der Waals surface area contributed by atoms with Gasteiger partial charge in [0.2, 0.25) is 0 Å². The summed E-state index contributed by atoms with van der Waals surface area (Å²) in [7, 11) is 0. The zero-order valence-electron chi connectivity index (χ0n) is 8.11. The van der Waals surface area contributed by atoms with Gasteiger partial charge in [0.15, 0.2) is 12.4 Å². The van der Waals surface area contributed by atoms with Gasteiger partial charge in [-0.1, -0.05) is 0 Å². The van der Waals surface area contributed by atoms with Crippen molar-refractivity contribution in [3.63, 3.8) is 0 Å². The number of rotatable bonds is 6. The highest BCUT2D eigenvalue weighted by Gasteiger charge is 2.34. The molecule has 0 aromatic rings. The topological polar surface area (TPSA) is 124 Å². The summed E-state index contributed by atoms with van der Waals surface area (Å²) in [6.07, 6.45) is -7.82. The number of hydrogen-bond donors (Lipinski definition) is 4. The summed E-state index contributed by atoms with van der Waals surface area (Å²) < 4.78 is 4.36. The molecule has 0 aliphatic rings. The third-order valence-corrected chi connectivity index (χ3v) is 1.69. The highest BCUT2D eigenvalue weighted by Crippen LogP contribution is 2.05. The highest BCUT2D eigenvalue weighted by atomic mass is 16.5. The molecule has 0 saturated carbocycles. The number of carbonyl (C=O) groups excluding carboxylic acids is 2. The summed E-state index contributed by atoms with van der Waals surface area (Å²) in [6, 6.07) is 0. The molecule has 0 aromatic heterocycles. The molecule has 0 radical (unpaired) electrons. The van der Waals surface area contributed by atoms with Crippen molar-refractivity contribution in [3.8, 4) is 0 Å². The van der Waals surface area contributed by atoms with Crippen LogP contribution in [0, 0.1) is 0 Å². The lowest BCUT2D eigenvalue weighted by atomic mass is 10.0. The van der Waals surface area contributed by atoms with Crippen LogP contribution in [0.3, 0.4) is 0 Å². The smallest absolute Gasteiger partial charge is 0.337 e. The van der Waals surface area contributed by atoms with Gasteiger partial charge in [0.1, 0.15) is 18.3 Å². The van der Waals surface area contributed by atoms with Gasteiger partial charge in [0.05, 0.1) is 6.61 Å². The fraction of sp³-hybridized carbons (Fsp3) is 0.750. The number of aliphatic hydroxyl groups excluding tert-OH is 4. The Bertz CT molecular complexity index is 217. The first-order chi connectivity index (χ1) is 6.95. The van der Waals surface area contributed by atoms with E-state index in [1.165, 1.54) is 6.92 Å². The van der Waals surface area contributed by atoms with Crippen LogP contribution in [-0.4, -0.2) is 63.7 Å². The number of hydrogen-bond acceptors (Lipinski definition) is 7. The van der Waals surface area contributed by atoms with Crippen LogP contribution < -0.4 is 0 Å². The van der Waals surface area contributed by atoms with Crippen LogP contribution in [0.1, 0.15) is 6.92 Å². The molecular formula is C8H14O7. The second-order valence-electron chi connectivity index (χ2n) is 2.80. The maximum Gasteiger partial charge on any atom is 0.337 e. The Morgan fingerprint density at radius 3 is 2.20 bits per heavy atom. The molecule has 7 heteroatoms. The van der Waals surface area contributed by atoms with E-state index in [2.05, 4.69) is 4.74 Å². The van der Waals surface area contributed by atoms with Crippen molar-refractivity contribution in [2.75, 3.05) is 6.61 Å². The van der Waals surface area contributed by atoms with Gasteiger partial charge in [-0.2, -0.15) is 0 Å². The SMILES string of the molecule is CCOC(=O)[C@@H](O)[C@@H](O)[C@@H](O)[C@@H](O)C=O. The first-order valence-electron chi connectivity index (χ1n) is 4.29. The van der Waals surface area contributed by atoms with Gasteiger partial charge >= 0.3 is 5.97 Å². The Morgan fingerprint density at radius 1 is 1.27 bits per heavy atom. The van der Waals surface area contributed by atoms with Crippen LogP contribution in [0.5, 0.6) is 0 Å². The van der Waals surface area contributed by atoms with Gasteiger partial charge in [-0.05, 0) is 6.92 Å². The van der Waals surface area contributed by atoms with Gasteiger partial charge in [0.25, 0.3) is 0 Å². The van der Waals surface area contributed by atoms with E-state index >= 15 is 0 Å². The van der Waals surface area contributed by atoms with Crippen LogP contribution in [0.25, 0.3) is 0 Å². The average molecular weight is 222 g/mol. The summed E-state index contributed by atoms with van der Waals surface area (Å²) in [5.41, 5.74) is 0. The van der Waals surface area contributed by atoms with E-state index in [0.717, 1.165) is 0 Å². The molecule has 0 amide bonds. The highest BCUT2D eigenvalue weighted by molar-refractivity contribution is 5.75. The fourth-order valence-corrected chi connectivity index (χ4v) is 0.836. The zero-order valence-corrected chi connectivity index (χ0v) is 8.11. The molecule has 88 valence electrons. The summed E-state index contributed by atoms with van der Waals surface area (Å²) >= 11 is 0. The summed E-state index contributed by atoms with van der Waals surface area (Å²) in [5, 5.41) is 36.2. The first-order valence-corrected chi connectivity index (χ1v) is 4.29. The standard InChI is InChI=1S/C8H14O7/c1-2-15-8(14)7(13)6(12)5(11)4(10)3-9/h3-7,10-13H,2H2,1H3/t4-,5-,6-,7-/m0/s1. The van der Waals surface area contributed by atoms with E-state index in [1.807, 2.05) is 0 Å². The Hall–Kier alpha value is -1.02. The molecule has 0 heterocycles. The molecule has 0 fully saturated rings. The van der Waals surface area contributed by atoms with Gasteiger partial charge in [-0.15, -0.1) is 0 Å². The number of aliphatic hydroxyl groups is 4. The third-order valence-electron chi connectivity index (χ3n) is 1.69. The molecule has 0 unspecified atom stereocenters. The van der Waals surface area contributed by atoms with Crippen molar-refractivity contribution in [1.82, 2.24) is 0 Å². The Morgan fingerprint density at radius 2 is 1.80 bits per heavy atom. The molecule has 15 heavy (non-hydrogen) atoms. The number of aldehydes is 1. The molecule has 7 nitrogen and oxygen atoms in total. The predicted molar refractivity (Wildman–Crippen MR) is 46.7 cm³/mol. The molecule has 0 aliphatic heterocycles.